The van der Waals surface area contributed by atoms with Crippen molar-refractivity contribution in [3.05, 3.63) is 53.9 Å². The summed E-state index contributed by atoms with van der Waals surface area (Å²) in [4.78, 5) is 14.2. The van der Waals surface area contributed by atoms with Crippen molar-refractivity contribution < 1.29 is 23.1 Å². The van der Waals surface area contributed by atoms with Crippen LogP contribution in [0.2, 0.25) is 0 Å². The molecular formula is C14H10F3NO2. The number of hydrogen-bond acceptors (Lipinski definition) is 2. The van der Waals surface area contributed by atoms with Crippen LogP contribution in [0.3, 0.4) is 0 Å². The van der Waals surface area contributed by atoms with Crippen LogP contribution < -0.4 is 0 Å². The average molecular weight is 281 g/mol. The van der Waals surface area contributed by atoms with Crippen LogP contribution in [0, 0.1) is 0 Å². The molecule has 0 bridgehead atoms. The van der Waals surface area contributed by atoms with Gasteiger partial charge in [-0.3, -0.25) is 9.78 Å². The quantitative estimate of drug-likeness (QED) is 0.938. The van der Waals surface area contributed by atoms with Gasteiger partial charge in [0.05, 0.1) is 17.7 Å². The minimum Gasteiger partial charge on any atom is -0.481 e. The first kappa shape index (κ1) is 14.0. The van der Waals surface area contributed by atoms with Gasteiger partial charge in [-0.2, -0.15) is 13.2 Å². The molecule has 1 N–H and O–H groups in total. The number of carboxylic acids is 1. The zero-order chi connectivity index (χ0) is 14.8. The summed E-state index contributed by atoms with van der Waals surface area (Å²) in [5, 5.41) is 8.70. The van der Waals surface area contributed by atoms with Crippen LogP contribution in [-0.4, -0.2) is 16.1 Å². The largest absolute Gasteiger partial charge is 0.481 e. The predicted molar refractivity (Wildman–Crippen MR) is 66.0 cm³/mol. The van der Waals surface area contributed by atoms with E-state index in [1.807, 2.05) is 0 Å². The van der Waals surface area contributed by atoms with Crippen molar-refractivity contribution in [2.24, 2.45) is 0 Å². The van der Waals surface area contributed by atoms with Gasteiger partial charge >= 0.3 is 12.1 Å². The second-order valence-corrected chi connectivity index (χ2v) is 4.16. The Labute approximate surface area is 112 Å². The Balaban J connectivity index is 2.57. The topological polar surface area (TPSA) is 50.2 Å². The number of aromatic nitrogens is 1. The Morgan fingerprint density at radius 2 is 1.85 bits per heavy atom. The fraction of sp³-hybridized carbons (Fsp3) is 0.143. The number of hydrogen-bond donors (Lipinski definition) is 1. The molecule has 6 heteroatoms. The third-order valence-electron chi connectivity index (χ3n) is 2.68. The summed E-state index contributed by atoms with van der Waals surface area (Å²) in [6, 6.07) is 9.17. The molecule has 0 aliphatic carbocycles. The second kappa shape index (κ2) is 5.32. The fourth-order valence-corrected chi connectivity index (χ4v) is 1.83. The van der Waals surface area contributed by atoms with E-state index < -0.39 is 24.1 Å². The molecule has 0 radical (unpaired) electrons. The Morgan fingerprint density at radius 3 is 2.40 bits per heavy atom. The molecule has 3 nitrogen and oxygen atoms in total. The van der Waals surface area contributed by atoms with Crippen molar-refractivity contribution in [2.75, 3.05) is 0 Å². The van der Waals surface area contributed by atoms with Crippen molar-refractivity contribution in [1.82, 2.24) is 4.98 Å². The van der Waals surface area contributed by atoms with Crippen molar-refractivity contribution in [1.29, 1.82) is 0 Å². The summed E-state index contributed by atoms with van der Waals surface area (Å²) >= 11 is 0. The Hall–Kier alpha value is -2.37. The van der Waals surface area contributed by atoms with Gasteiger partial charge in [-0.25, -0.2) is 0 Å². The minimum absolute atomic E-state index is 0.0654. The summed E-state index contributed by atoms with van der Waals surface area (Å²) in [6.45, 7) is 0. The van der Waals surface area contributed by atoms with E-state index in [1.165, 1.54) is 18.2 Å². The summed E-state index contributed by atoms with van der Waals surface area (Å²) in [7, 11) is 0. The molecular weight excluding hydrogens is 271 g/mol. The number of carbonyl (C=O) groups is 1. The van der Waals surface area contributed by atoms with Gasteiger partial charge in [-0.05, 0) is 17.2 Å². The standard InChI is InChI=1S/C14H10F3NO2/c15-14(16,17)12-8-18-10(7-13(19)20)6-11(12)9-4-2-1-3-5-9/h1-6,8H,7H2,(H,19,20). The number of carboxylic acid groups (broad SMARTS) is 1. The number of nitrogens with zero attached hydrogens (tertiary/aromatic N) is 1. The smallest absolute Gasteiger partial charge is 0.418 e. The lowest BCUT2D eigenvalue weighted by molar-refractivity contribution is -0.137. The first-order valence-electron chi connectivity index (χ1n) is 5.71. The first-order valence-corrected chi connectivity index (χ1v) is 5.71. The molecule has 0 saturated carbocycles. The Morgan fingerprint density at radius 1 is 1.20 bits per heavy atom. The van der Waals surface area contributed by atoms with Crippen LogP contribution in [0.25, 0.3) is 11.1 Å². The molecule has 0 fully saturated rings. The third kappa shape index (κ3) is 3.14. The zero-order valence-electron chi connectivity index (χ0n) is 10.2. The number of rotatable bonds is 3. The molecule has 2 rings (SSSR count). The van der Waals surface area contributed by atoms with Gasteiger partial charge in [0, 0.05) is 6.20 Å². The maximum absolute atomic E-state index is 13.0. The maximum atomic E-state index is 13.0. The molecule has 0 spiro atoms. The summed E-state index contributed by atoms with van der Waals surface area (Å²) in [5.41, 5.74) is -0.486. The van der Waals surface area contributed by atoms with E-state index >= 15 is 0 Å². The van der Waals surface area contributed by atoms with Crippen LogP contribution in [0.15, 0.2) is 42.6 Å². The van der Waals surface area contributed by atoms with Crippen molar-refractivity contribution in [2.45, 2.75) is 12.6 Å². The summed E-state index contributed by atoms with van der Waals surface area (Å²) in [6.07, 6.45) is -4.28. The highest BCUT2D eigenvalue weighted by molar-refractivity contribution is 5.72. The number of pyridine rings is 1. The molecule has 2 aromatic rings. The van der Waals surface area contributed by atoms with E-state index in [9.17, 15) is 18.0 Å². The van der Waals surface area contributed by atoms with E-state index in [1.54, 1.807) is 18.2 Å². The SMILES string of the molecule is O=C(O)Cc1cc(-c2ccccc2)c(C(F)(F)F)cn1. The molecule has 0 amide bonds. The van der Waals surface area contributed by atoms with E-state index in [0.717, 1.165) is 0 Å². The summed E-state index contributed by atoms with van der Waals surface area (Å²) < 4.78 is 38.9. The third-order valence-corrected chi connectivity index (χ3v) is 2.68. The van der Waals surface area contributed by atoms with Crippen molar-refractivity contribution in [3.8, 4) is 11.1 Å². The number of aliphatic carboxylic acids is 1. The van der Waals surface area contributed by atoms with E-state index in [-0.39, 0.29) is 11.3 Å². The first-order chi connectivity index (χ1) is 9.38. The van der Waals surface area contributed by atoms with Gasteiger partial charge < -0.3 is 5.11 Å². The Kier molecular flexibility index (Phi) is 3.74. The van der Waals surface area contributed by atoms with Crippen LogP contribution in [0.4, 0.5) is 13.2 Å². The van der Waals surface area contributed by atoms with Gasteiger partial charge in [0.1, 0.15) is 0 Å². The average Bonchev–Trinajstić information content (AvgIpc) is 2.37. The molecule has 20 heavy (non-hydrogen) atoms. The number of benzene rings is 1. The van der Waals surface area contributed by atoms with E-state index in [0.29, 0.717) is 11.8 Å². The van der Waals surface area contributed by atoms with Gasteiger partial charge in [-0.1, -0.05) is 30.3 Å². The molecule has 104 valence electrons. The van der Waals surface area contributed by atoms with Gasteiger partial charge in [0.2, 0.25) is 0 Å². The van der Waals surface area contributed by atoms with Gasteiger partial charge in [0.15, 0.2) is 0 Å². The molecule has 1 aromatic carbocycles. The van der Waals surface area contributed by atoms with Crippen LogP contribution >= 0.6 is 0 Å². The zero-order valence-corrected chi connectivity index (χ0v) is 10.2. The minimum atomic E-state index is -4.54. The lowest BCUT2D eigenvalue weighted by atomic mass is 10.00. The lowest BCUT2D eigenvalue weighted by Gasteiger charge is -2.13. The van der Waals surface area contributed by atoms with Crippen molar-refractivity contribution in [3.63, 3.8) is 0 Å². The van der Waals surface area contributed by atoms with Crippen molar-refractivity contribution >= 4 is 5.97 Å². The van der Waals surface area contributed by atoms with E-state index in [2.05, 4.69) is 4.98 Å². The molecule has 1 aromatic heterocycles. The second-order valence-electron chi connectivity index (χ2n) is 4.16. The predicted octanol–water partition coefficient (Wildman–Crippen LogP) is 3.39. The maximum Gasteiger partial charge on any atom is 0.418 e. The highest BCUT2D eigenvalue weighted by atomic mass is 19.4. The molecule has 0 atom stereocenters. The van der Waals surface area contributed by atoms with Crippen LogP contribution in [-0.2, 0) is 17.4 Å². The van der Waals surface area contributed by atoms with Crippen LogP contribution in [0.1, 0.15) is 11.3 Å². The van der Waals surface area contributed by atoms with Crippen LogP contribution in [0.5, 0.6) is 0 Å². The summed E-state index contributed by atoms with van der Waals surface area (Å²) in [5.74, 6) is -1.14. The van der Waals surface area contributed by atoms with Gasteiger partial charge in [-0.15, -0.1) is 0 Å². The normalized spacial score (nSPS) is 11.3. The highest BCUT2D eigenvalue weighted by Gasteiger charge is 2.34. The van der Waals surface area contributed by atoms with Gasteiger partial charge in [0.25, 0.3) is 0 Å². The lowest BCUT2D eigenvalue weighted by Crippen LogP contribution is -2.10. The number of alkyl halides is 3. The molecule has 0 unspecified atom stereocenters. The monoisotopic (exact) mass is 281 g/mol. The molecule has 0 saturated heterocycles. The number of halogens is 3. The van der Waals surface area contributed by atoms with E-state index in [4.69, 9.17) is 5.11 Å². The highest BCUT2D eigenvalue weighted by Crippen LogP contribution is 2.36. The Bertz CT molecular complexity index is 624. The molecule has 1 heterocycles. The molecule has 0 aliphatic heterocycles. The molecule has 0 aliphatic rings. The fourth-order valence-electron chi connectivity index (χ4n) is 1.83.